The summed E-state index contributed by atoms with van der Waals surface area (Å²) in [6.07, 6.45) is 0. The van der Waals surface area contributed by atoms with Gasteiger partial charge in [-0.3, -0.25) is 0 Å². The predicted octanol–water partition coefficient (Wildman–Crippen LogP) is 18.2. The van der Waals surface area contributed by atoms with Gasteiger partial charge in [-0.05, 0) is 104 Å². The standard InChI is InChI=1S/C68H44N2O2/c1-5-17-45(18-6-1)46-31-33-49(34-32-46)67-69-63-42-40-54(44-64(63)71-67)70(52-37-35-48(36-38-52)56-27-16-29-60-59-28-15-26-55(65(59)72-66(56)60)47-19-7-2-8-20-47)53-39-41-58-57-25-13-14-30-61(57)68(62(58)43-53,50-21-9-3-10-22-50)51-23-11-4-12-24-51/h1-44H. The van der Waals surface area contributed by atoms with Crippen LogP contribution < -0.4 is 4.90 Å². The molecule has 338 valence electrons. The van der Waals surface area contributed by atoms with E-state index in [2.05, 4.69) is 260 Å². The van der Waals surface area contributed by atoms with Crippen molar-refractivity contribution in [3.05, 3.63) is 289 Å². The highest BCUT2D eigenvalue weighted by Crippen LogP contribution is 2.57. The molecule has 72 heavy (non-hydrogen) atoms. The molecule has 13 aromatic rings. The van der Waals surface area contributed by atoms with Gasteiger partial charge in [0, 0.05) is 50.6 Å². The van der Waals surface area contributed by atoms with Crippen molar-refractivity contribution in [1.29, 1.82) is 0 Å². The second-order valence-electron chi connectivity index (χ2n) is 18.6. The number of para-hydroxylation sites is 2. The SMILES string of the molecule is c1ccc(-c2ccc(-c3nc4ccc(N(c5ccc(-c6cccc7c6oc6c(-c8ccccc8)cccc67)cc5)c5ccc6c(c5)C(c5ccccc5)(c5ccccc5)c5ccccc5-6)cc4o3)cc2)cc1. The van der Waals surface area contributed by atoms with E-state index in [0.29, 0.717) is 11.5 Å². The number of hydrogen-bond acceptors (Lipinski definition) is 4. The van der Waals surface area contributed by atoms with Crippen LogP contribution >= 0.6 is 0 Å². The lowest BCUT2D eigenvalue weighted by Crippen LogP contribution is -2.28. The smallest absolute Gasteiger partial charge is 0.227 e. The minimum absolute atomic E-state index is 0.564. The highest BCUT2D eigenvalue weighted by Gasteiger charge is 2.46. The van der Waals surface area contributed by atoms with Crippen molar-refractivity contribution >= 4 is 50.1 Å². The molecule has 0 bridgehead atoms. The third kappa shape index (κ3) is 6.64. The van der Waals surface area contributed by atoms with Crippen LogP contribution in [0.3, 0.4) is 0 Å². The monoisotopic (exact) mass is 920 g/mol. The van der Waals surface area contributed by atoms with Gasteiger partial charge in [-0.2, -0.15) is 0 Å². The summed E-state index contributed by atoms with van der Waals surface area (Å²) in [6.45, 7) is 0. The van der Waals surface area contributed by atoms with Gasteiger partial charge in [0.05, 0.1) is 5.41 Å². The largest absolute Gasteiger partial charge is 0.455 e. The molecule has 1 aliphatic carbocycles. The van der Waals surface area contributed by atoms with Crippen LogP contribution in [0.1, 0.15) is 22.3 Å². The predicted molar refractivity (Wildman–Crippen MR) is 295 cm³/mol. The van der Waals surface area contributed by atoms with E-state index in [9.17, 15) is 0 Å². The van der Waals surface area contributed by atoms with Crippen LogP contribution in [0.15, 0.2) is 276 Å². The molecule has 1 aliphatic rings. The Morgan fingerprint density at radius 3 is 1.44 bits per heavy atom. The zero-order valence-corrected chi connectivity index (χ0v) is 39.1. The van der Waals surface area contributed by atoms with Gasteiger partial charge >= 0.3 is 0 Å². The quantitative estimate of drug-likeness (QED) is 0.145. The molecule has 0 spiro atoms. The molecule has 0 aliphatic heterocycles. The average Bonchev–Trinajstić information content (AvgIpc) is 4.15. The van der Waals surface area contributed by atoms with Crippen LogP contribution in [0.5, 0.6) is 0 Å². The van der Waals surface area contributed by atoms with Crippen molar-refractivity contribution in [2.45, 2.75) is 5.41 Å². The van der Waals surface area contributed by atoms with Gasteiger partial charge in [-0.1, -0.05) is 212 Å². The maximum atomic E-state index is 6.88. The van der Waals surface area contributed by atoms with Gasteiger partial charge in [-0.25, -0.2) is 4.98 Å². The lowest BCUT2D eigenvalue weighted by atomic mass is 9.67. The van der Waals surface area contributed by atoms with Crippen molar-refractivity contribution < 1.29 is 8.83 Å². The van der Waals surface area contributed by atoms with E-state index in [0.717, 1.165) is 77.9 Å². The van der Waals surface area contributed by atoms with E-state index >= 15 is 0 Å². The first-order valence-corrected chi connectivity index (χ1v) is 24.5. The van der Waals surface area contributed by atoms with E-state index in [-0.39, 0.29) is 0 Å². The summed E-state index contributed by atoms with van der Waals surface area (Å²) in [4.78, 5) is 7.35. The van der Waals surface area contributed by atoms with Gasteiger partial charge in [0.1, 0.15) is 16.7 Å². The van der Waals surface area contributed by atoms with Crippen molar-refractivity contribution in [2.24, 2.45) is 0 Å². The first-order chi connectivity index (χ1) is 35.7. The number of oxazole rings is 1. The molecule has 0 unspecified atom stereocenters. The minimum atomic E-state index is -0.564. The lowest BCUT2D eigenvalue weighted by Gasteiger charge is -2.35. The number of aromatic nitrogens is 1. The van der Waals surface area contributed by atoms with Gasteiger partial charge in [0.25, 0.3) is 0 Å². The Balaban J connectivity index is 0.925. The summed E-state index contributed by atoms with van der Waals surface area (Å²) >= 11 is 0. The Morgan fingerprint density at radius 2 is 0.792 bits per heavy atom. The molecule has 4 heteroatoms. The Labute approximate surface area is 417 Å². The fourth-order valence-corrected chi connectivity index (χ4v) is 11.3. The minimum Gasteiger partial charge on any atom is -0.455 e. The van der Waals surface area contributed by atoms with Crippen LogP contribution in [-0.4, -0.2) is 4.98 Å². The second kappa shape index (κ2) is 16.9. The van der Waals surface area contributed by atoms with Crippen LogP contribution in [0, 0.1) is 0 Å². The van der Waals surface area contributed by atoms with Crippen molar-refractivity contribution in [1.82, 2.24) is 4.98 Å². The van der Waals surface area contributed by atoms with E-state index in [1.165, 1.54) is 38.9 Å². The maximum absolute atomic E-state index is 6.88. The van der Waals surface area contributed by atoms with Gasteiger partial charge in [0.2, 0.25) is 5.89 Å². The third-order valence-corrected chi connectivity index (χ3v) is 14.6. The fraction of sp³-hybridized carbons (Fsp3) is 0.0147. The number of hydrogen-bond donors (Lipinski definition) is 0. The van der Waals surface area contributed by atoms with E-state index in [1.807, 2.05) is 12.1 Å². The van der Waals surface area contributed by atoms with Crippen LogP contribution in [-0.2, 0) is 5.41 Å². The van der Waals surface area contributed by atoms with Gasteiger partial charge in [-0.15, -0.1) is 0 Å². The van der Waals surface area contributed by atoms with Crippen molar-refractivity contribution in [3.63, 3.8) is 0 Å². The van der Waals surface area contributed by atoms with Gasteiger partial charge in [0.15, 0.2) is 5.58 Å². The second-order valence-corrected chi connectivity index (χ2v) is 18.6. The molecule has 4 nitrogen and oxygen atoms in total. The maximum Gasteiger partial charge on any atom is 0.227 e. The molecule has 0 saturated carbocycles. The summed E-state index contributed by atoms with van der Waals surface area (Å²) in [5.41, 5.74) is 20.6. The van der Waals surface area contributed by atoms with Gasteiger partial charge < -0.3 is 13.7 Å². The Kier molecular flexibility index (Phi) is 9.71. The molecule has 14 rings (SSSR count). The number of furan rings is 1. The fourth-order valence-electron chi connectivity index (χ4n) is 11.3. The van der Waals surface area contributed by atoms with E-state index < -0.39 is 5.41 Å². The summed E-state index contributed by atoms with van der Waals surface area (Å²) < 4.78 is 13.5. The molecule has 0 fully saturated rings. The van der Waals surface area contributed by atoms with E-state index in [4.69, 9.17) is 13.8 Å². The average molecular weight is 921 g/mol. The van der Waals surface area contributed by atoms with Crippen LogP contribution in [0.25, 0.3) is 89.0 Å². The topological polar surface area (TPSA) is 42.4 Å². The van der Waals surface area contributed by atoms with Crippen molar-refractivity contribution in [2.75, 3.05) is 4.90 Å². The zero-order chi connectivity index (χ0) is 47.6. The third-order valence-electron chi connectivity index (χ3n) is 14.6. The Bertz CT molecular complexity index is 4080. The highest BCUT2D eigenvalue weighted by molar-refractivity contribution is 6.13. The normalized spacial score (nSPS) is 12.6. The molecule has 2 heterocycles. The highest BCUT2D eigenvalue weighted by atomic mass is 16.3. The summed E-state index contributed by atoms with van der Waals surface area (Å²) in [5.74, 6) is 0.583. The molecule has 0 atom stereocenters. The first-order valence-electron chi connectivity index (χ1n) is 24.5. The molecular formula is C68H44N2O2. The zero-order valence-electron chi connectivity index (χ0n) is 39.1. The number of nitrogens with zero attached hydrogens (tertiary/aromatic N) is 2. The number of anilines is 3. The number of benzene rings is 11. The summed E-state index contributed by atoms with van der Waals surface area (Å²) in [6, 6.07) is 95.3. The Morgan fingerprint density at radius 1 is 0.319 bits per heavy atom. The summed E-state index contributed by atoms with van der Waals surface area (Å²) in [5, 5.41) is 2.20. The van der Waals surface area contributed by atoms with Crippen molar-refractivity contribution in [3.8, 4) is 56.0 Å². The molecule has 2 aromatic heterocycles. The molecule has 0 N–H and O–H groups in total. The van der Waals surface area contributed by atoms with E-state index in [1.54, 1.807) is 0 Å². The number of rotatable bonds is 9. The summed E-state index contributed by atoms with van der Waals surface area (Å²) in [7, 11) is 0. The lowest BCUT2D eigenvalue weighted by molar-refractivity contribution is 0.620. The molecule has 0 radical (unpaired) electrons. The number of fused-ring (bicyclic) bond motifs is 7. The Hall–Kier alpha value is -9.51. The van der Waals surface area contributed by atoms with Crippen LogP contribution in [0.4, 0.5) is 17.1 Å². The molecular weight excluding hydrogens is 877 g/mol. The first kappa shape index (κ1) is 41.5. The molecule has 11 aromatic carbocycles. The van der Waals surface area contributed by atoms with Crippen LogP contribution in [0.2, 0.25) is 0 Å². The molecule has 0 saturated heterocycles. The molecule has 0 amide bonds.